The summed E-state index contributed by atoms with van der Waals surface area (Å²) in [6.07, 6.45) is -14.4. The first-order chi connectivity index (χ1) is 16.8. The topological polar surface area (TPSA) is 101 Å². The Hall–Kier alpha value is -3.57. The largest absolute Gasteiger partial charge is 0.389 e. The van der Waals surface area contributed by atoms with Crippen LogP contribution in [0.15, 0.2) is 48.5 Å². The lowest BCUT2D eigenvalue weighted by atomic mass is 9.83. The zero-order chi connectivity index (χ0) is 26.7. The van der Waals surface area contributed by atoms with Gasteiger partial charge in [-0.3, -0.25) is 14.4 Å². The van der Waals surface area contributed by atoms with E-state index in [4.69, 9.17) is 5.73 Å². The van der Waals surface area contributed by atoms with Crippen molar-refractivity contribution in [2.45, 2.75) is 44.1 Å². The van der Waals surface area contributed by atoms with Crippen molar-refractivity contribution in [3.63, 3.8) is 0 Å². The fourth-order valence-corrected chi connectivity index (χ4v) is 4.25. The van der Waals surface area contributed by atoms with E-state index in [1.165, 1.54) is 0 Å². The smallest absolute Gasteiger partial charge is 0.369 e. The van der Waals surface area contributed by atoms with Gasteiger partial charge < -0.3 is 16.4 Å². The van der Waals surface area contributed by atoms with Crippen molar-refractivity contribution in [1.82, 2.24) is 5.32 Å². The van der Waals surface area contributed by atoms with Crippen molar-refractivity contribution in [2.24, 2.45) is 17.6 Å². The molecule has 0 aromatic heterocycles. The summed E-state index contributed by atoms with van der Waals surface area (Å²) in [7, 11) is 0. The number of hydrogen-bond acceptors (Lipinski definition) is 3. The molecule has 3 amide bonds. The third-order valence-corrected chi connectivity index (χ3v) is 5.96. The van der Waals surface area contributed by atoms with Gasteiger partial charge in [-0.05, 0) is 30.0 Å². The number of amides is 3. The number of fused-ring (bicyclic) bond motifs is 3. The van der Waals surface area contributed by atoms with Gasteiger partial charge in [0.25, 0.3) is 5.91 Å². The van der Waals surface area contributed by atoms with Gasteiger partial charge in [-0.15, -0.1) is 0 Å². The standard InChI is InChI=1S/C24H23F6N3O3/c25-23(26,27)11-9-16(20(31)34)17(10-12-24(28,29)30)21(35)33-19-15-7-2-1-5-13(15)14-6-3-4-8-18(14)32-22(19)36/h1-8,16-17,19H,9-12H2,(H2,31,34)(H,32,36)(H,33,35). The van der Waals surface area contributed by atoms with Crippen LogP contribution in [-0.4, -0.2) is 30.1 Å². The van der Waals surface area contributed by atoms with Crippen LogP contribution in [-0.2, 0) is 14.4 Å². The molecule has 3 rings (SSSR count). The molecule has 2 aromatic rings. The summed E-state index contributed by atoms with van der Waals surface area (Å²) in [5, 5.41) is 5.00. The minimum Gasteiger partial charge on any atom is -0.369 e. The van der Waals surface area contributed by atoms with Crippen molar-refractivity contribution in [3.05, 3.63) is 54.1 Å². The number of primary amides is 1. The summed E-state index contributed by atoms with van der Waals surface area (Å²) >= 11 is 0. The Balaban J connectivity index is 1.95. The number of alkyl halides is 6. The molecule has 1 aliphatic rings. The molecule has 3 atom stereocenters. The van der Waals surface area contributed by atoms with Crippen LogP contribution in [0.3, 0.4) is 0 Å². The SMILES string of the molecule is NC(=O)C(CCC(F)(F)F)C(CCC(F)(F)F)C(=O)NC1C(=O)Nc2ccccc2-c2ccccc21. The van der Waals surface area contributed by atoms with Gasteiger partial charge in [-0.1, -0.05) is 42.5 Å². The maximum Gasteiger partial charge on any atom is 0.389 e. The highest BCUT2D eigenvalue weighted by Crippen LogP contribution is 2.38. The van der Waals surface area contributed by atoms with Crippen LogP contribution in [0, 0.1) is 11.8 Å². The number of carbonyl (C=O) groups excluding carboxylic acids is 3. The van der Waals surface area contributed by atoms with E-state index in [-0.39, 0.29) is 0 Å². The van der Waals surface area contributed by atoms with Gasteiger partial charge in [0.15, 0.2) is 0 Å². The summed E-state index contributed by atoms with van der Waals surface area (Å²) in [5.74, 6) is -6.88. The van der Waals surface area contributed by atoms with Gasteiger partial charge in [-0.25, -0.2) is 0 Å². The first kappa shape index (κ1) is 27.0. The fourth-order valence-electron chi connectivity index (χ4n) is 4.25. The number of carbonyl (C=O) groups is 3. The molecule has 1 heterocycles. The van der Waals surface area contributed by atoms with E-state index in [0.29, 0.717) is 22.4 Å². The minimum absolute atomic E-state index is 0.328. The highest BCUT2D eigenvalue weighted by molar-refractivity contribution is 6.04. The van der Waals surface area contributed by atoms with Crippen molar-refractivity contribution < 1.29 is 40.7 Å². The molecular weight excluding hydrogens is 492 g/mol. The molecular formula is C24H23F6N3O3. The molecule has 0 saturated heterocycles. The Morgan fingerprint density at radius 1 is 0.861 bits per heavy atom. The van der Waals surface area contributed by atoms with Crippen molar-refractivity contribution in [1.29, 1.82) is 0 Å². The predicted molar refractivity (Wildman–Crippen MR) is 118 cm³/mol. The molecule has 0 radical (unpaired) electrons. The normalized spacial score (nSPS) is 17.2. The third-order valence-electron chi connectivity index (χ3n) is 5.96. The number of rotatable bonds is 8. The van der Waals surface area contributed by atoms with Crippen molar-refractivity contribution in [2.75, 3.05) is 5.32 Å². The Morgan fingerprint density at radius 2 is 1.39 bits per heavy atom. The number of nitrogens with one attached hydrogen (secondary N) is 2. The number of benzene rings is 2. The minimum atomic E-state index is -4.74. The average molecular weight is 515 g/mol. The summed E-state index contributed by atoms with van der Waals surface area (Å²) in [5.41, 5.74) is 7.17. The first-order valence-electron chi connectivity index (χ1n) is 11.0. The molecule has 0 saturated carbocycles. The second kappa shape index (κ2) is 10.6. The van der Waals surface area contributed by atoms with Gasteiger partial charge in [0, 0.05) is 35.9 Å². The van der Waals surface area contributed by atoms with Crippen LogP contribution in [0.1, 0.15) is 37.3 Å². The summed E-state index contributed by atoms with van der Waals surface area (Å²) in [6, 6.07) is 11.9. The monoisotopic (exact) mass is 515 g/mol. The Labute approximate surface area is 202 Å². The lowest BCUT2D eigenvalue weighted by Gasteiger charge is -2.27. The Morgan fingerprint density at radius 3 is 1.97 bits per heavy atom. The molecule has 1 aliphatic heterocycles. The zero-order valence-corrected chi connectivity index (χ0v) is 18.7. The lowest BCUT2D eigenvalue weighted by Crippen LogP contribution is -2.45. The van der Waals surface area contributed by atoms with E-state index >= 15 is 0 Å². The fraction of sp³-hybridized carbons (Fsp3) is 0.375. The van der Waals surface area contributed by atoms with Gasteiger partial charge in [0.2, 0.25) is 11.8 Å². The van der Waals surface area contributed by atoms with Crippen LogP contribution < -0.4 is 16.4 Å². The highest BCUT2D eigenvalue weighted by atomic mass is 19.4. The lowest BCUT2D eigenvalue weighted by molar-refractivity contribution is -0.152. The number of anilines is 1. The summed E-state index contributed by atoms with van der Waals surface area (Å²) in [4.78, 5) is 38.2. The molecule has 4 N–H and O–H groups in total. The quantitative estimate of drug-likeness (QED) is 0.438. The number of hydrogen-bond donors (Lipinski definition) is 3. The number of nitrogens with two attached hydrogens (primary N) is 1. The molecule has 0 spiro atoms. The maximum absolute atomic E-state index is 13.2. The molecule has 6 nitrogen and oxygen atoms in total. The number of halogens is 6. The zero-order valence-electron chi connectivity index (χ0n) is 18.7. The number of para-hydroxylation sites is 1. The van der Waals surface area contributed by atoms with E-state index in [1.807, 2.05) is 0 Å². The second-order valence-corrected chi connectivity index (χ2v) is 8.49. The first-order valence-corrected chi connectivity index (χ1v) is 11.0. The molecule has 3 unspecified atom stereocenters. The average Bonchev–Trinajstić information content (AvgIpc) is 2.89. The van der Waals surface area contributed by atoms with E-state index in [9.17, 15) is 40.7 Å². The van der Waals surface area contributed by atoms with Gasteiger partial charge in [0.1, 0.15) is 6.04 Å². The van der Waals surface area contributed by atoms with E-state index in [2.05, 4.69) is 10.6 Å². The van der Waals surface area contributed by atoms with Crippen molar-refractivity contribution >= 4 is 23.4 Å². The van der Waals surface area contributed by atoms with Gasteiger partial charge in [0.05, 0.1) is 0 Å². The van der Waals surface area contributed by atoms with E-state index < -0.39 is 73.6 Å². The van der Waals surface area contributed by atoms with Gasteiger partial charge >= 0.3 is 12.4 Å². The van der Waals surface area contributed by atoms with E-state index in [1.54, 1.807) is 48.5 Å². The van der Waals surface area contributed by atoms with Crippen LogP contribution >= 0.6 is 0 Å². The third kappa shape index (κ3) is 6.76. The van der Waals surface area contributed by atoms with Crippen LogP contribution in [0.5, 0.6) is 0 Å². The molecule has 36 heavy (non-hydrogen) atoms. The molecule has 0 bridgehead atoms. The van der Waals surface area contributed by atoms with Crippen molar-refractivity contribution in [3.8, 4) is 11.1 Å². The molecule has 0 aliphatic carbocycles. The second-order valence-electron chi connectivity index (χ2n) is 8.49. The van der Waals surface area contributed by atoms with Crippen LogP contribution in [0.4, 0.5) is 32.0 Å². The predicted octanol–water partition coefficient (Wildman–Crippen LogP) is 4.87. The molecule has 194 valence electrons. The van der Waals surface area contributed by atoms with Gasteiger partial charge in [-0.2, -0.15) is 26.3 Å². The Bertz CT molecular complexity index is 1130. The summed E-state index contributed by atoms with van der Waals surface area (Å²) in [6.45, 7) is 0. The van der Waals surface area contributed by atoms with Crippen LogP contribution in [0.25, 0.3) is 11.1 Å². The van der Waals surface area contributed by atoms with E-state index in [0.717, 1.165) is 0 Å². The highest BCUT2D eigenvalue weighted by Gasteiger charge is 2.41. The molecule has 2 aromatic carbocycles. The summed E-state index contributed by atoms with van der Waals surface area (Å²) < 4.78 is 77.2. The van der Waals surface area contributed by atoms with Crippen LogP contribution in [0.2, 0.25) is 0 Å². The Kier molecular flexibility index (Phi) is 7.95. The molecule has 0 fully saturated rings. The molecule has 12 heteroatoms. The maximum atomic E-state index is 13.2.